The minimum absolute atomic E-state index is 0.0846. The van der Waals surface area contributed by atoms with E-state index < -0.39 is 15.8 Å². The Kier molecular flexibility index (Phi) is 4.21. The number of ether oxygens (including phenoxy) is 1. The molecule has 104 valence electrons. The molecule has 0 aliphatic heterocycles. The number of benzene rings is 1. The van der Waals surface area contributed by atoms with Gasteiger partial charge in [0.05, 0.1) is 9.73 Å². The largest absolute Gasteiger partial charge is 0.443 e. The molecule has 6 heteroatoms. The van der Waals surface area contributed by atoms with Crippen molar-refractivity contribution in [2.45, 2.75) is 30.7 Å². The molecule has 1 unspecified atom stereocenters. The number of carbonyl (C=O) groups excluding carboxylic acids is 1. The molecule has 5 nitrogen and oxygen atoms in total. The molecule has 0 saturated heterocycles. The molecule has 19 heavy (non-hydrogen) atoms. The van der Waals surface area contributed by atoms with Gasteiger partial charge in [0.1, 0.15) is 6.61 Å². The third kappa shape index (κ3) is 3.78. The van der Waals surface area contributed by atoms with Crippen LogP contribution < -0.4 is 5.73 Å². The Balaban J connectivity index is 1.92. The van der Waals surface area contributed by atoms with Crippen LogP contribution in [0.1, 0.15) is 18.4 Å². The van der Waals surface area contributed by atoms with Crippen molar-refractivity contribution in [2.75, 3.05) is 6.26 Å². The van der Waals surface area contributed by atoms with Gasteiger partial charge in [-0.2, -0.15) is 0 Å². The van der Waals surface area contributed by atoms with Crippen LogP contribution >= 0.6 is 0 Å². The lowest BCUT2D eigenvalue weighted by molar-refractivity contribution is 0.151. The molecule has 1 aromatic carbocycles. The molecule has 2 N–H and O–H groups in total. The SMILES string of the molecule is CS(=O)(=NC(=O)OCc1ccccc1)C1CC(N)C1. The minimum Gasteiger partial charge on any atom is -0.443 e. The van der Waals surface area contributed by atoms with E-state index >= 15 is 0 Å². The van der Waals surface area contributed by atoms with E-state index in [1.807, 2.05) is 30.3 Å². The van der Waals surface area contributed by atoms with Crippen molar-refractivity contribution in [3.05, 3.63) is 35.9 Å². The summed E-state index contributed by atoms with van der Waals surface area (Å²) in [5, 5.41) is -0.0909. The van der Waals surface area contributed by atoms with E-state index in [4.69, 9.17) is 10.5 Å². The van der Waals surface area contributed by atoms with Crippen LogP contribution in [0.15, 0.2) is 34.7 Å². The van der Waals surface area contributed by atoms with Crippen LogP contribution in [0.25, 0.3) is 0 Å². The average Bonchev–Trinajstić information content (AvgIpc) is 2.33. The molecule has 0 aromatic heterocycles. The Morgan fingerprint density at radius 1 is 1.42 bits per heavy atom. The highest BCUT2D eigenvalue weighted by molar-refractivity contribution is 7.93. The van der Waals surface area contributed by atoms with E-state index in [2.05, 4.69) is 4.36 Å². The monoisotopic (exact) mass is 282 g/mol. The van der Waals surface area contributed by atoms with Crippen LogP contribution in [0.2, 0.25) is 0 Å². The summed E-state index contributed by atoms with van der Waals surface area (Å²) in [6, 6.07) is 9.39. The molecule has 1 atom stereocenters. The summed E-state index contributed by atoms with van der Waals surface area (Å²) < 4.78 is 20.9. The fourth-order valence-electron chi connectivity index (χ4n) is 1.93. The maximum atomic E-state index is 12.2. The lowest BCUT2D eigenvalue weighted by atomic mass is 9.94. The standard InChI is InChI=1S/C13H18N2O3S/c1-19(17,12-7-11(14)8-12)15-13(16)18-9-10-5-3-2-4-6-10/h2-6,11-12H,7-9,14H2,1H3. The quantitative estimate of drug-likeness (QED) is 0.918. The van der Waals surface area contributed by atoms with Crippen molar-refractivity contribution in [1.29, 1.82) is 0 Å². The van der Waals surface area contributed by atoms with E-state index in [0.29, 0.717) is 12.8 Å². The number of rotatable bonds is 3. The number of hydrogen-bond acceptors (Lipinski definition) is 4. The molecule has 1 aliphatic rings. The maximum absolute atomic E-state index is 12.2. The predicted molar refractivity (Wildman–Crippen MR) is 74.1 cm³/mol. The fourth-order valence-corrected chi connectivity index (χ4v) is 3.64. The molecule has 1 aromatic rings. The predicted octanol–water partition coefficient (Wildman–Crippen LogP) is 1.91. The van der Waals surface area contributed by atoms with Gasteiger partial charge >= 0.3 is 6.09 Å². The zero-order chi connectivity index (χ0) is 13.9. The Bertz CT molecular complexity index is 559. The van der Waals surface area contributed by atoms with Crippen LogP contribution in [0.3, 0.4) is 0 Å². The molecule has 1 aliphatic carbocycles. The van der Waals surface area contributed by atoms with Gasteiger partial charge in [0.2, 0.25) is 0 Å². The fraction of sp³-hybridized carbons (Fsp3) is 0.462. The molecule has 0 spiro atoms. The number of hydrogen-bond donors (Lipinski definition) is 1. The van der Waals surface area contributed by atoms with Crippen LogP contribution in [0.5, 0.6) is 0 Å². The van der Waals surface area contributed by atoms with E-state index in [1.54, 1.807) is 0 Å². The third-order valence-corrected chi connectivity index (χ3v) is 5.34. The van der Waals surface area contributed by atoms with Crippen molar-refractivity contribution >= 4 is 15.8 Å². The summed E-state index contributed by atoms with van der Waals surface area (Å²) >= 11 is 0. The number of nitrogens with two attached hydrogens (primary N) is 1. The normalized spacial score (nSPS) is 24.9. The molecule has 0 heterocycles. The summed E-state index contributed by atoms with van der Waals surface area (Å²) in [6.45, 7) is 0.142. The molecule has 1 amide bonds. The van der Waals surface area contributed by atoms with Gasteiger partial charge < -0.3 is 10.5 Å². The molecule has 1 saturated carbocycles. The number of carbonyl (C=O) groups is 1. The van der Waals surface area contributed by atoms with E-state index in [-0.39, 0.29) is 17.9 Å². The molecular formula is C13H18N2O3S. The van der Waals surface area contributed by atoms with Crippen molar-refractivity contribution in [2.24, 2.45) is 10.1 Å². The van der Waals surface area contributed by atoms with Gasteiger partial charge in [-0.1, -0.05) is 30.3 Å². The van der Waals surface area contributed by atoms with Gasteiger partial charge in [-0.15, -0.1) is 4.36 Å². The van der Waals surface area contributed by atoms with Crippen LogP contribution in [-0.2, 0) is 21.1 Å². The maximum Gasteiger partial charge on any atom is 0.442 e. The van der Waals surface area contributed by atoms with Crippen LogP contribution in [-0.4, -0.2) is 27.8 Å². The highest BCUT2D eigenvalue weighted by atomic mass is 32.2. The van der Waals surface area contributed by atoms with Crippen molar-refractivity contribution in [3.8, 4) is 0 Å². The zero-order valence-corrected chi connectivity index (χ0v) is 11.6. The van der Waals surface area contributed by atoms with Crippen LogP contribution in [0.4, 0.5) is 4.79 Å². The molecule has 0 bridgehead atoms. The number of nitrogens with zero attached hydrogens (tertiary/aromatic N) is 1. The van der Waals surface area contributed by atoms with Gasteiger partial charge in [0.25, 0.3) is 0 Å². The van der Waals surface area contributed by atoms with E-state index in [0.717, 1.165) is 5.56 Å². The first-order valence-corrected chi connectivity index (χ1v) is 8.13. The second kappa shape index (κ2) is 5.71. The van der Waals surface area contributed by atoms with Gasteiger partial charge in [-0.25, -0.2) is 9.00 Å². The second-order valence-electron chi connectivity index (χ2n) is 4.85. The topological polar surface area (TPSA) is 81.8 Å². The van der Waals surface area contributed by atoms with Crippen molar-refractivity contribution < 1.29 is 13.7 Å². The number of amides is 1. The Hall–Kier alpha value is -1.40. The Morgan fingerprint density at radius 2 is 2.05 bits per heavy atom. The summed E-state index contributed by atoms with van der Waals surface area (Å²) in [4.78, 5) is 11.6. The van der Waals surface area contributed by atoms with Gasteiger partial charge in [-0.3, -0.25) is 0 Å². The van der Waals surface area contributed by atoms with Gasteiger partial charge in [-0.05, 0) is 18.4 Å². The summed E-state index contributed by atoms with van der Waals surface area (Å²) in [6.07, 6.45) is 2.04. The second-order valence-corrected chi connectivity index (χ2v) is 7.42. The average molecular weight is 282 g/mol. The molecule has 1 fully saturated rings. The lowest BCUT2D eigenvalue weighted by Gasteiger charge is -2.32. The lowest BCUT2D eigenvalue weighted by Crippen LogP contribution is -2.44. The summed E-state index contributed by atoms with van der Waals surface area (Å²) in [5.41, 5.74) is 6.52. The van der Waals surface area contributed by atoms with Crippen molar-refractivity contribution in [1.82, 2.24) is 0 Å². The van der Waals surface area contributed by atoms with Crippen LogP contribution in [0, 0.1) is 0 Å². The smallest absolute Gasteiger partial charge is 0.442 e. The molecule has 2 rings (SSSR count). The van der Waals surface area contributed by atoms with E-state index in [9.17, 15) is 9.00 Å². The third-order valence-electron chi connectivity index (χ3n) is 3.21. The van der Waals surface area contributed by atoms with Gasteiger partial charge in [0, 0.05) is 17.5 Å². The zero-order valence-electron chi connectivity index (χ0n) is 10.8. The first-order chi connectivity index (χ1) is 8.97. The van der Waals surface area contributed by atoms with Crippen molar-refractivity contribution in [3.63, 3.8) is 0 Å². The van der Waals surface area contributed by atoms with E-state index in [1.165, 1.54) is 6.26 Å². The summed E-state index contributed by atoms with van der Waals surface area (Å²) in [7, 11) is -2.54. The Morgan fingerprint density at radius 3 is 2.63 bits per heavy atom. The first-order valence-electron chi connectivity index (χ1n) is 6.14. The van der Waals surface area contributed by atoms with Gasteiger partial charge in [0.15, 0.2) is 0 Å². The highest BCUT2D eigenvalue weighted by Gasteiger charge is 2.33. The minimum atomic E-state index is -2.54. The first kappa shape index (κ1) is 14.0. The molecular weight excluding hydrogens is 264 g/mol. The molecule has 0 radical (unpaired) electrons. The highest BCUT2D eigenvalue weighted by Crippen LogP contribution is 2.26. The summed E-state index contributed by atoms with van der Waals surface area (Å²) in [5.74, 6) is 0. The Labute approximate surface area is 113 Å².